The highest BCUT2D eigenvalue weighted by molar-refractivity contribution is 5.48. The van der Waals surface area contributed by atoms with Crippen LogP contribution in [-0.4, -0.2) is 28.4 Å². The number of pyridine rings is 1. The van der Waals surface area contributed by atoms with E-state index >= 15 is 0 Å². The van der Waals surface area contributed by atoms with Crippen molar-refractivity contribution in [2.24, 2.45) is 5.41 Å². The van der Waals surface area contributed by atoms with Gasteiger partial charge in [0.05, 0.1) is 11.8 Å². The molecule has 1 saturated heterocycles. The zero-order valence-corrected chi connectivity index (χ0v) is 18.4. The van der Waals surface area contributed by atoms with Gasteiger partial charge in [-0.15, -0.1) is 0 Å². The molecule has 0 bridgehead atoms. The first-order chi connectivity index (χ1) is 14.7. The zero-order chi connectivity index (χ0) is 22.3. The lowest BCUT2D eigenvalue weighted by atomic mass is 9.72. The number of hydrogen-bond donors (Lipinski definition) is 2. The monoisotopic (exact) mass is 431 g/mol. The molecule has 2 aliphatic rings. The van der Waals surface area contributed by atoms with Gasteiger partial charge in [-0.3, -0.25) is 4.98 Å². The molecule has 0 saturated carbocycles. The maximum atomic E-state index is 13.0. The van der Waals surface area contributed by atoms with Crippen molar-refractivity contribution in [1.29, 1.82) is 0 Å². The molecule has 0 radical (unpaired) electrons. The molecule has 4 rings (SSSR count). The van der Waals surface area contributed by atoms with Gasteiger partial charge in [0.25, 0.3) is 6.43 Å². The van der Waals surface area contributed by atoms with Crippen molar-refractivity contribution in [2.75, 3.05) is 13.2 Å². The molecule has 2 atom stereocenters. The van der Waals surface area contributed by atoms with E-state index in [1.807, 2.05) is 6.92 Å². The van der Waals surface area contributed by atoms with Crippen LogP contribution in [0.1, 0.15) is 96.9 Å². The molecular formula is C25H31F2NO3. The molecule has 1 aromatic carbocycles. The Morgan fingerprint density at radius 3 is 2.32 bits per heavy atom. The van der Waals surface area contributed by atoms with Crippen LogP contribution in [0, 0.1) is 12.3 Å². The van der Waals surface area contributed by atoms with Crippen LogP contribution in [-0.2, 0) is 11.2 Å². The smallest absolute Gasteiger partial charge is 0.263 e. The minimum absolute atomic E-state index is 0.0515. The molecular weight excluding hydrogens is 400 g/mol. The lowest BCUT2D eigenvalue weighted by Gasteiger charge is -2.37. The van der Waals surface area contributed by atoms with E-state index in [2.05, 4.69) is 13.8 Å². The maximum absolute atomic E-state index is 13.0. The fourth-order valence-corrected chi connectivity index (χ4v) is 5.17. The molecule has 2 heterocycles. The Morgan fingerprint density at radius 1 is 1.10 bits per heavy atom. The van der Waals surface area contributed by atoms with Gasteiger partial charge in [0.2, 0.25) is 0 Å². The van der Waals surface area contributed by atoms with Gasteiger partial charge in [0.1, 0.15) is 6.10 Å². The van der Waals surface area contributed by atoms with E-state index in [4.69, 9.17) is 9.72 Å². The number of nitrogens with zero attached hydrogens (tertiary/aromatic N) is 1. The summed E-state index contributed by atoms with van der Waals surface area (Å²) in [6.07, 6.45) is -1.13. The van der Waals surface area contributed by atoms with Crippen LogP contribution in [0.4, 0.5) is 8.78 Å². The number of aliphatic hydroxyl groups is 2. The topological polar surface area (TPSA) is 62.6 Å². The van der Waals surface area contributed by atoms with Crippen LogP contribution in [0.5, 0.6) is 0 Å². The van der Waals surface area contributed by atoms with E-state index < -0.39 is 18.6 Å². The Labute approximate surface area is 182 Å². The predicted molar refractivity (Wildman–Crippen MR) is 114 cm³/mol. The van der Waals surface area contributed by atoms with E-state index in [0.29, 0.717) is 30.8 Å². The number of benzene rings is 1. The van der Waals surface area contributed by atoms with Gasteiger partial charge < -0.3 is 14.9 Å². The van der Waals surface area contributed by atoms with Crippen LogP contribution in [0.15, 0.2) is 24.3 Å². The van der Waals surface area contributed by atoms with Gasteiger partial charge in [-0.25, -0.2) is 8.78 Å². The lowest BCUT2D eigenvalue weighted by Crippen LogP contribution is -2.30. The highest BCUT2D eigenvalue weighted by atomic mass is 19.3. The average molecular weight is 432 g/mol. The second-order valence-corrected chi connectivity index (χ2v) is 9.71. The third-order valence-electron chi connectivity index (χ3n) is 6.76. The number of hydrogen-bond acceptors (Lipinski definition) is 4. The number of ether oxygens (including phenoxy) is 1. The van der Waals surface area contributed by atoms with Crippen molar-refractivity contribution < 1.29 is 23.7 Å². The van der Waals surface area contributed by atoms with Gasteiger partial charge in [-0.2, -0.15) is 0 Å². The highest BCUT2D eigenvalue weighted by Gasteiger charge is 2.37. The Morgan fingerprint density at radius 2 is 1.71 bits per heavy atom. The Bertz CT molecular complexity index is 937. The molecule has 2 N–H and O–H groups in total. The number of aromatic nitrogens is 1. The van der Waals surface area contributed by atoms with Gasteiger partial charge >= 0.3 is 0 Å². The minimum atomic E-state index is -2.55. The van der Waals surface area contributed by atoms with Crippen LogP contribution in [0.25, 0.3) is 0 Å². The molecule has 6 heteroatoms. The molecule has 4 nitrogen and oxygen atoms in total. The van der Waals surface area contributed by atoms with Gasteiger partial charge in [-0.1, -0.05) is 38.1 Å². The summed E-state index contributed by atoms with van der Waals surface area (Å²) in [5.74, 6) is 0.157. The Balaban J connectivity index is 1.84. The molecule has 1 aliphatic heterocycles. The van der Waals surface area contributed by atoms with Crippen molar-refractivity contribution in [3.63, 3.8) is 0 Å². The number of fused-ring (bicyclic) bond motifs is 1. The summed E-state index contributed by atoms with van der Waals surface area (Å²) in [4.78, 5) is 5.04. The summed E-state index contributed by atoms with van der Waals surface area (Å²) in [6.45, 7) is 7.51. The molecule has 31 heavy (non-hydrogen) atoms. The number of halogens is 2. The molecule has 2 unspecified atom stereocenters. The average Bonchev–Trinajstić information content (AvgIpc) is 2.72. The quantitative estimate of drug-likeness (QED) is 0.689. The van der Waals surface area contributed by atoms with E-state index in [9.17, 15) is 19.0 Å². The first-order valence-electron chi connectivity index (χ1n) is 11.0. The largest absolute Gasteiger partial charge is 0.388 e. The molecule has 0 amide bonds. The fourth-order valence-electron chi connectivity index (χ4n) is 5.17. The minimum Gasteiger partial charge on any atom is -0.388 e. The summed E-state index contributed by atoms with van der Waals surface area (Å²) in [6, 6.07) is 5.82. The van der Waals surface area contributed by atoms with Crippen LogP contribution >= 0.6 is 0 Å². The molecule has 168 valence electrons. The number of rotatable bonds is 4. The summed E-state index contributed by atoms with van der Waals surface area (Å²) in [5.41, 5.74) is 4.57. The van der Waals surface area contributed by atoms with E-state index in [0.717, 1.165) is 41.8 Å². The molecule has 2 aromatic rings. The van der Waals surface area contributed by atoms with Gasteiger partial charge in [0, 0.05) is 41.5 Å². The van der Waals surface area contributed by atoms with E-state index in [-0.39, 0.29) is 16.9 Å². The normalized spacial score (nSPS) is 22.4. The summed E-state index contributed by atoms with van der Waals surface area (Å²) >= 11 is 0. The molecule has 1 fully saturated rings. The molecule has 0 spiro atoms. The summed E-state index contributed by atoms with van der Waals surface area (Å²) < 4.78 is 31.5. The Hall–Kier alpha value is -1.89. The van der Waals surface area contributed by atoms with Crippen molar-refractivity contribution in [3.05, 3.63) is 63.5 Å². The summed E-state index contributed by atoms with van der Waals surface area (Å²) in [5, 5.41) is 22.3. The number of aliphatic hydroxyl groups excluding tert-OH is 2. The lowest BCUT2D eigenvalue weighted by molar-refractivity contribution is 0.0823. The van der Waals surface area contributed by atoms with E-state index in [1.165, 1.54) is 12.1 Å². The number of alkyl halides is 2. The van der Waals surface area contributed by atoms with Gasteiger partial charge in [0.15, 0.2) is 0 Å². The van der Waals surface area contributed by atoms with Crippen molar-refractivity contribution in [1.82, 2.24) is 4.98 Å². The standard InChI is InChI=1S/C25H31F2NO3/c1-14-20-18(12-25(2,3)13-19(20)29)28-22(15-8-10-31-11-9-15)21(14)23(30)16-4-6-17(7-5-16)24(26)27/h4-7,15,19,23-24,29-30H,8-13H2,1-3H3. The summed E-state index contributed by atoms with van der Waals surface area (Å²) in [7, 11) is 0. The molecule has 1 aromatic heterocycles. The van der Waals surface area contributed by atoms with Crippen molar-refractivity contribution >= 4 is 0 Å². The third-order valence-corrected chi connectivity index (χ3v) is 6.76. The maximum Gasteiger partial charge on any atom is 0.263 e. The van der Waals surface area contributed by atoms with Crippen molar-refractivity contribution in [3.8, 4) is 0 Å². The first kappa shape index (κ1) is 22.3. The van der Waals surface area contributed by atoms with E-state index in [1.54, 1.807) is 12.1 Å². The SMILES string of the molecule is Cc1c2c(nc(C3CCOCC3)c1C(O)c1ccc(C(F)F)cc1)CC(C)(C)CC2O. The fraction of sp³-hybridized carbons (Fsp3) is 0.560. The van der Waals surface area contributed by atoms with Gasteiger partial charge in [-0.05, 0) is 49.1 Å². The first-order valence-corrected chi connectivity index (χ1v) is 11.0. The predicted octanol–water partition coefficient (Wildman–Crippen LogP) is 5.31. The van der Waals surface area contributed by atoms with Crippen LogP contribution < -0.4 is 0 Å². The Kier molecular flexibility index (Phi) is 6.16. The highest BCUT2D eigenvalue weighted by Crippen LogP contribution is 2.45. The molecule has 1 aliphatic carbocycles. The third kappa shape index (κ3) is 4.38. The second kappa shape index (κ2) is 8.57. The van der Waals surface area contributed by atoms with Crippen LogP contribution in [0.2, 0.25) is 0 Å². The van der Waals surface area contributed by atoms with Crippen LogP contribution in [0.3, 0.4) is 0 Å². The van der Waals surface area contributed by atoms with Crippen molar-refractivity contribution in [2.45, 2.75) is 71.0 Å². The second-order valence-electron chi connectivity index (χ2n) is 9.71. The zero-order valence-electron chi connectivity index (χ0n) is 18.4.